The molecule has 0 saturated carbocycles. The minimum absolute atomic E-state index is 0.187. The average Bonchev–Trinajstić information content (AvgIpc) is 3.07. The fraction of sp³-hybridized carbons (Fsp3) is 0.846. The smallest absolute Gasteiger partial charge is 0.0795 e. The Kier molecular flexibility index (Phi) is 4.40. The Labute approximate surface area is 118 Å². The molecule has 0 radical (unpaired) electrons. The zero-order valence-corrected chi connectivity index (χ0v) is 12.1. The van der Waals surface area contributed by atoms with Gasteiger partial charge in [-0.3, -0.25) is 4.68 Å². The van der Waals surface area contributed by atoms with Crippen LogP contribution in [0, 0.1) is 0 Å². The third-order valence-electron chi connectivity index (χ3n) is 4.03. The minimum atomic E-state index is 0.187. The Morgan fingerprint density at radius 1 is 1.53 bits per heavy atom. The molecule has 106 valence electrons. The van der Waals surface area contributed by atoms with Crippen molar-refractivity contribution in [3.63, 3.8) is 0 Å². The van der Waals surface area contributed by atoms with Crippen molar-refractivity contribution in [1.82, 2.24) is 20.3 Å². The molecule has 1 aromatic heterocycles. The Balaban J connectivity index is 1.38. The number of thioether (sulfide) groups is 1. The van der Waals surface area contributed by atoms with Crippen molar-refractivity contribution in [2.24, 2.45) is 0 Å². The third kappa shape index (κ3) is 3.49. The summed E-state index contributed by atoms with van der Waals surface area (Å²) in [5, 5.41) is 11.5. The summed E-state index contributed by atoms with van der Waals surface area (Å²) in [5.74, 6) is 2.45. The fourth-order valence-electron chi connectivity index (χ4n) is 2.96. The Morgan fingerprint density at radius 3 is 3.32 bits per heavy atom. The zero-order valence-electron chi connectivity index (χ0n) is 11.3. The molecule has 5 nitrogen and oxygen atoms in total. The lowest BCUT2D eigenvalue weighted by atomic mass is 9.90. The SMILES string of the molecule is c1cn(CCCNC2CCOC3(CCSC3)C2)nn1. The molecular weight excluding hydrogens is 260 g/mol. The van der Waals surface area contributed by atoms with Crippen LogP contribution in [0.25, 0.3) is 0 Å². The fourth-order valence-corrected chi connectivity index (χ4v) is 4.34. The maximum atomic E-state index is 6.04. The molecule has 3 heterocycles. The molecular formula is C13H22N4OS. The summed E-state index contributed by atoms with van der Waals surface area (Å²) in [6.45, 7) is 2.91. The van der Waals surface area contributed by atoms with E-state index in [0.717, 1.165) is 32.5 Å². The second-order valence-corrected chi connectivity index (χ2v) is 6.60. The van der Waals surface area contributed by atoms with Crippen molar-refractivity contribution >= 4 is 11.8 Å². The maximum absolute atomic E-state index is 6.04. The number of hydrogen-bond acceptors (Lipinski definition) is 5. The van der Waals surface area contributed by atoms with Crippen molar-refractivity contribution in [3.8, 4) is 0 Å². The number of aryl methyl sites for hydroxylation is 1. The molecule has 1 aromatic rings. The van der Waals surface area contributed by atoms with E-state index in [1.807, 2.05) is 22.6 Å². The Bertz CT molecular complexity index is 378. The first-order chi connectivity index (χ1) is 9.36. The highest BCUT2D eigenvalue weighted by Gasteiger charge is 2.40. The van der Waals surface area contributed by atoms with Gasteiger partial charge in [-0.05, 0) is 38.0 Å². The van der Waals surface area contributed by atoms with Gasteiger partial charge in [-0.1, -0.05) is 5.21 Å². The van der Waals surface area contributed by atoms with Crippen molar-refractivity contribution in [2.75, 3.05) is 24.7 Å². The lowest BCUT2D eigenvalue weighted by Crippen LogP contribution is -2.47. The Morgan fingerprint density at radius 2 is 2.53 bits per heavy atom. The molecule has 0 amide bonds. The van der Waals surface area contributed by atoms with Gasteiger partial charge in [0, 0.05) is 31.1 Å². The quantitative estimate of drug-likeness (QED) is 0.825. The van der Waals surface area contributed by atoms with E-state index in [-0.39, 0.29) is 5.60 Å². The summed E-state index contributed by atoms with van der Waals surface area (Å²) < 4.78 is 7.93. The van der Waals surface area contributed by atoms with Gasteiger partial charge in [0.2, 0.25) is 0 Å². The van der Waals surface area contributed by atoms with Crippen LogP contribution in [0.4, 0.5) is 0 Å². The molecule has 0 bridgehead atoms. The summed E-state index contributed by atoms with van der Waals surface area (Å²) in [6, 6.07) is 0.628. The van der Waals surface area contributed by atoms with E-state index < -0.39 is 0 Å². The molecule has 0 aliphatic carbocycles. The van der Waals surface area contributed by atoms with Gasteiger partial charge in [0.05, 0.1) is 11.8 Å². The van der Waals surface area contributed by atoms with E-state index in [0.29, 0.717) is 6.04 Å². The van der Waals surface area contributed by atoms with E-state index in [9.17, 15) is 0 Å². The monoisotopic (exact) mass is 282 g/mol. The van der Waals surface area contributed by atoms with Crippen LogP contribution in [0.15, 0.2) is 12.4 Å². The van der Waals surface area contributed by atoms with Gasteiger partial charge in [0.1, 0.15) is 0 Å². The lowest BCUT2D eigenvalue weighted by molar-refractivity contribution is -0.0700. The molecule has 2 saturated heterocycles. The van der Waals surface area contributed by atoms with Crippen LogP contribution >= 0.6 is 11.8 Å². The van der Waals surface area contributed by atoms with Crippen LogP contribution in [-0.4, -0.2) is 51.3 Å². The van der Waals surface area contributed by atoms with Gasteiger partial charge in [-0.15, -0.1) is 5.10 Å². The van der Waals surface area contributed by atoms with Gasteiger partial charge in [-0.25, -0.2) is 0 Å². The normalized spacial score (nSPS) is 31.1. The minimum Gasteiger partial charge on any atom is -0.374 e. The van der Waals surface area contributed by atoms with Crippen LogP contribution in [0.1, 0.15) is 25.7 Å². The van der Waals surface area contributed by atoms with Gasteiger partial charge in [0.25, 0.3) is 0 Å². The highest BCUT2D eigenvalue weighted by atomic mass is 32.2. The first kappa shape index (κ1) is 13.4. The van der Waals surface area contributed by atoms with E-state index in [1.165, 1.54) is 24.3 Å². The first-order valence-electron chi connectivity index (χ1n) is 7.16. The summed E-state index contributed by atoms with van der Waals surface area (Å²) in [7, 11) is 0. The molecule has 2 unspecified atom stereocenters. The summed E-state index contributed by atoms with van der Waals surface area (Å²) in [4.78, 5) is 0. The molecule has 6 heteroatoms. The highest BCUT2D eigenvalue weighted by Crippen LogP contribution is 2.38. The van der Waals surface area contributed by atoms with Crippen LogP contribution in [-0.2, 0) is 11.3 Å². The molecule has 0 aromatic carbocycles. The largest absolute Gasteiger partial charge is 0.374 e. The molecule has 1 spiro atoms. The van der Waals surface area contributed by atoms with Crippen LogP contribution < -0.4 is 5.32 Å². The van der Waals surface area contributed by atoms with Gasteiger partial charge >= 0.3 is 0 Å². The van der Waals surface area contributed by atoms with E-state index in [1.54, 1.807) is 6.20 Å². The molecule has 1 N–H and O–H groups in total. The number of nitrogens with one attached hydrogen (secondary N) is 1. The van der Waals surface area contributed by atoms with E-state index >= 15 is 0 Å². The molecule has 3 rings (SSSR count). The molecule has 19 heavy (non-hydrogen) atoms. The van der Waals surface area contributed by atoms with E-state index in [4.69, 9.17) is 4.74 Å². The topological polar surface area (TPSA) is 52.0 Å². The van der Waals surface area contributed by atoms with Crippen LogP contribution in [0.2, 0.25) is 0 Å². The highest BCUT2D eigenvalue weighted by molar-refractivity contribution is 7.99. The number of nitrogens with zero attached hydrogens (tertiary/aromatic N) is 3. The van der Waals surface area contributed by atoms with Gasteiger partial charge < -0.3 is 10.1 Å². The zero-order chi connectivity index (χ0) is 13.0. The Hall–Kier alpha value is -0.590. The van der Waals surface area contributed by atoms with Gasteiger partial charge in [-0.2, -0.15) is 11.8 Å². The van der Waals surface area contributed by atoms with Crippen LogP contribution in [0.5, 0.6) is 0 Å². The molecule has 2 atom stereocenters. The van der Waals surface area contributed by atoms with Crippen LogP contribution in [0.3, 0.4) is 0 Å². The predicted octanol–water partition coefficient (Wildman–Crippen LogP) is 1.31. The second kappa shape index (κ2) is 6.24. The number of hydrogen-bond donors (Lipinski definition) is 1. The molecule has 2 fully saturated rings. The van der Waals surface area contributed by atoms with E-state index in [2.05, 4.69) is 15.6 Å². The van der Waals surface area contributed by atoms with Crippen molar-refractivity contribution in [1.29, 1.82) is 0 Å². The maximum Gasteiger partial charge on any atom is 0.0795 e. The summed E-state index contributed by atoms with van der Waals surface area (Å²) in [5.41, 5.74) is 0.187. The summed E-state index contributed by atoms with van der Waals surface area (Å²) in [6.07, 6.45) is 8.31. The van der Waals surface area contributed by atoms with Crippen molar-refractivity contribution in [3.05, 3.63) is 12.4 Å². The number of ether oxygens (including phenoxy) is 1. The first-order valence-corrected chi connectivity index (χ1v) is 8.31. The lowest BCUT2D eigenvalue weighted by Gasteiger charge is -2.38. The standard InChI is InChI=1S/C13H22N4OS/c1(6-17-7-5-15-16-17)4-14-12-2-8-18-13(10-12)3-9-19-11-13/h5,7,12,14H,1-4,6,8-11H2. The second-order valence-electron chi connectivity index (χ2n) is 5.50. The van der Waals surface area contributed by atoms with Crippen molar-refractivity contribution in [2.45, 2.75) is 43.9 Å². The third-order valence-corrected chi connectivity index (χ3v) is 5.25. The number of rotatable bonds is 5. The molecule has 2 aliphatic rings. The summed E-state index contributed by atoms with van der Waals surface area (Å²) >= 11 is 2.04. The van der Waals surface area contributed by atoms with Crippen molar-refractivity contribution < 1.29 is 4.74 Å². The average molecular weight is 282 g/mol. The molecule has 2 aliphatic heterocycles. The van der Waals surface area contributed by atoms with Gasteiger partial charge in [0.15, 0.2) is 0 Å². The number of aromatic nitrogens is 3. The predicted molar refractivity (Wildman–Crippen MR) is 76.3 cm³/mol.